The Kier molecular flexibility index (Phi) is 54.1. The van der Waals surface area contributed by atoms with Gasteiger partial charge in [0.15, 0.2) is 24.4 Å². The second-order valence-corrected chi connectivity index (χ2v) is 17.9. The topological polar surface area (TPSA) is 338 Å². The van der Waals surface area contributed by atoms with Crippen molar-refractivity contribution in [3.8, 4) is 0 Å². The van der Waals surface area contributed by atoms with Gasteiger partial charge in [0.2, 0.25) is 24.4 Å². The number of carbonyl (C=O) groups excluding carboxylic acids is 13. The van der Waals surface area contributed by atoms with Gasteiger partial charge in [-0.25, -0.2) is 0 Å². The maximum Gasteiger partial charge on any atom is -0.358 e. The van der Waals surface area contributed by atoms with E-state index in [0.29, 0.717) is 0 Å². The van der Waals surface area contributed by atoms with Gasteiger partial charge in [-0.3, -0.25) is 68.3 Å². The molecular formula is C54H86FeN2O23Tc. The van der Waals surface area contributed by atoms with Crippen LogP contribution in [0.2, 0.25) is 0 Å². The number of carbonyl (C=O) groups is 10. The van der Waals surface area contributed by atoms with Crippen LogP contribution in [0.25, 0.3) is 0 Å². The van der Waals surface area contributed by atoms with Crippen molar-refractivity contribution in [3.63, 3.8) is 0 Å². The van der Waals surface area contributed by atoms with E-state index >= 15 is 0 Å². The quantitative estimate of drug-likeness (QED) is 0.0725. The van der Waals surface area contributed by atoms with Crippen molar-refractivity contribution < 1.29 is 145 Å². The second kappa shape index (κ2) is 50.4. The van der Waals surface area contributed by atoms with E-state index in [1.54, 1.807) is 0 Å². The number of nitrogens with one attached hydrogen (secondary N) is 2. The summed E-state index contributed by atoms with van der Waals surface area (Å²) in [5, 5.41) is 5.46. The SMILES string of the molecule is C1CCCC1.CC(=O)OCC1O[C@@H](OC(C)=O)[C@H](NC(=O)CC2CCCC2)C(OC(C)=O)[C@H]1OC(C)=O.CC(=O)OCC1O[C@@H](OC(C)=O)[C@H](NC(=O)CC2CCCC2)C(OC(C)=O)[C@H]1OC(C)=O.[99Tc+5].[CH-]=O.[CH-]=O.[CH-]=O.[CH2]=[Fe+].[CH3-].[CH3-].[CH3-]. The molecule has 0 aromatic carbocycles. The summed E-state index contributed by atoms with van der Waals surface area (Å²) < 4.78 is 53.4. The zero-order chi connectivity index (χ0) is 59.2. The fourth-order valence-electron chi connectivity index (χ4n) is 8.97. The molecule has 3 saturated carbocycles. The minimum atomic E-state index is -1.36. The van der Waals surface area contributed by atoms with Crippen LogP contribution < -0.4 is 10.6 Å². The molecule has 5 rings (SSSR count). The minimum absolute atomic E-state index is 0. The molecule has 5 aliphatic rings. The van der Waals surface area contributed by atoms with Gasteiger partial charge in [0.25, 0.3) is 0 Å². The Bertz CT molecular complexity index is 1710. The van der Waals surface area contributed by atoms with Crippen molar-refractivity contribution in [2.75, 3.05) is 13.2 Å². The van der Waals surface area contributed by atoms with E-state index in [4.69, 9.17) is 61.8 Å². The van der Waals surface area contributed by atoms with Gasteiger partial charge in [0.05, 0.1) is 0 Å². The zero-order valence-electron chi connectivity index (χ0n) is 48.5. The van der Waals surface area contributed by atoms with Crippen LogP contribution in [0.5, 0.6) is 0 Å². The van der Waals surface area contributed by atoms with Gasteiger partial charge in [-0.05, 0) is 37.5 Å². The van der Waals surface area contributed by atoms with E-state index in [0.717, 1.165) is 92.9 Å². The standard InChI is InChI=1S/2C21H31NO10.C5H10.3CHO.3CH3.CH2.Fe.Tc/c2*1-11(23)28-10-16-19(29-12(2)24)20(30-13(3)25)18(21(32-16)31-14(4)26)22-17(27)9-15-7-5-6-8-15;1-2-4-5-3-1;3*1-2;;;;;;/h2*15-16,18-21H,5-10H2,1-4H3,(H,22,27);1-5H2;3*1H;3*1H3;1H2;;/q;;;6*-1;;+1;+5/t2*16?,18-,19+,20?,21-;;;;;;;;;;/m11........../s1/i;;;;;;;;;;;1+1. The summed E-state index contributed by atoms with van der Waals surface area (Å²) in [6.07, 6.45) is 6.11. The Hall–Kier alpha value is -5.33. The van der Waals surface area contributed by atoms with Gasteiger partial charge < -0.3 is 94.7 Å². The summed E-state index contributed by atoms with van der Waals surface area (Å²) in [4.78, 5) is 142. The van der Waals surface area contributed by atoms with Crippen molar-refractivity contribution in [1.29, 1.82) is 0 Å². The normalized spacial score (nSPS) is 23.7. The van der Waals surface area contributed by atoms with Gasteiger partial charge in [-0.2, -0.15) is 0 Å². The molecule has 3 aliphatic carbocycles. The second-order valence-electron chi connectivity index (χ2n) is 17.9. The van der Waals surface area contributed by atoms with Gasteiger partial charge in [-0.1, -0.05) is 57.8 Å². The number of amides is 2. The predicted molar refractivity (Wildman–Crippen MR) is 283 cm³/mol. The van der Waals surface area contributed by atoms with Crippen LogP contribution >= 0.6 is 0 Å². The number of hydrogen-bond acceptors (Lipinski definition) is 23. The van der Waals surface area contributed by atoms with Crippen LogP contribution in [-0.2, 0) is 145 Å². The largest absolute Gasteiger partial charge is 0.358 e. The van der Waals surface area contributed by atoms with Crippen LogP contribution in [0.3, 0.4) is 0 Å². The molecule has 81 heavy (non-hydrogen) atoms. The van der Waals surface area contributed by atoms with Gasteiger partial charge in [0, 0.05) is 68.2 Å². The molecule has 0 spiro atoms. The Balaban J connectivity index is -0.000000274. The molecule has 465 valence electrons. The van der Waals surface area contributed by atoms with Gasteiger partial charge >= 0.3 is 88.9 Å². The molecule has 2 amide bonds. The third-order valence-corrected chi connectivity index (χ3v) is 11.8. The summed E-state index contributed by atoms with van der Waals surface area (Å²) >= 11 is 3.00. The first-order chi connectivity index (χ1) is 36.6. The Morgan fingerprint density at radius 1 is 0.407 bits per heavy atom. The maximum absolute atomic E-state index is 12.7. The van der Waals surface area contributed by atoms with Crippen molar-refractivity contribution in [2.45, 2.75) is 213 Å². The molecule has 10 atom stereocenters. The molecule has 27 heteroatoms. The van der Waals surface area contributed by atoms with Crippen LogP contribution in [0.15, 0.2) is 0 Å². The van der Waals surface area contributed by atoms with E-state index in [-0.39, 0.29) is 92.1 Å². The molecule has 25 nitrogen and oxygen atoms in total. The summed E-state index contributed by atoms with van der Waals surface area (Å²) in [6.45, 7) is 18.3. The molecular weight excluding hydrogens is 1200 g/mol. The molecule has 2 heterocycles. The van der Waals surface area contributed by atoms with E-state index in [1.807, 2.05) is 0 Å². The van der Waals surface area contributed by atoms with Gasteiger partial charge in [-0.15, -0.1) is 0 Å². The van der Waals surface area contributed by atoms with Crippen LogP contribution in [0, 0.1) is 34.1 Å². The first-order valence-electron chi connectivity index (χ1n) is 24.8. The van der Waals surface area contributed by atoms with Crippen LogP contribution in [-0.4, -0.2) is 160 Å². The molecule has 0 radical (unpaired) electrons. The summed E-state index contributed by atoms with van der Waals surface area (Å²) in [5.41, 5.74) is 3.00. The summed E-state index contributed by atoms with van der Waals surface area (Å²) in [5.74, 6) is -5.66. The van der Waals surface area contributed by atoms with E-state index in [1.165, 1.54) is 46.0 Å². The smallest absolute Gasteiger partial charge is 0.358 e. The monoisotopic (exact) mass is 1290 g/mol. The van der Waals surface area contributed by atoms with E-state index < -0.39 is 109 Å². The Morgan fingerprint density at radius 3 is 0.864 bits per heavy atom. The van der Waals surface area contributed by atoms with E-state index in [9.17, 15) is 47.9 Å². The molecule has 0 bridgehead atoms. The molecule has 0 aromatic heterocycles. The third kappa shape index (κ3) is 36.7. The molecule has 0 aromatic rings. The number of rotatable bonds is 16. The third-order valence-electron chi connectivity index (χ3n) is 11.8. The van der Waals surface area contributed by atoms with Crippen LogP contribution in [0.4, 0.5) is 0 Å². The van der Waals surface area contributed by atoms with E-state index in [2.05, 4.69) is 52.0 Å². The molecule has 2 N–H and O–H groups in total. The van der Waals surface area contributed by atoms with Crippen LogP contribution in [0.1, 0.15) is 152 Å². The molecule has 2 saturated heterocycles. The first kappa shape index (κ1) is 86.9. The van der Waals surface area contributed by atoms with Crippen molar-refractivity contribution in [2.24, 2.45) is 11.8 Å². The fraction of sp³-hybridized carbons (Fsp3) is 0.685. The predicted octanol–water partition coefficient (Wildman–Crippen LogP) is 3.97. The number of ether oxygens (including phenoxy) is 10. The zero-order valence-corrected chi connectivity index (χ0v) is 51.5. The van der Waals surface area contributed by atoms with Crippen molar-refractivity contribution >= 4 is 85.4 Å². The van der Waals surface area contributed by atoms with Gasteiger partial charge in [0.1, 0.15) is 37.5 Å². The van der Waals surface area contributed by atoms with Crippen molar-refractivity contribution in [1.82, 2.24) is 10.6 Å². The average molecular weight is 1290 g/mol. The molecule has 5 fully saturated rings. The molecule has 2 aliphatic heterocycles. The fourth-order valence-corrected chi connectivity index (χ4v) is 8.97. The number of esters is 8. The Labute approximate surface area is 499 Å². The Morgan fingerprint density at radius 2 is 0.642 bits per heavy atom. The first-order valence-corrected chi connectivity index (χ1v) is 25.6. The summed E-state index contributed by atoms with van der Waals surface area (Å²) in [7, 11) is 0. The summed E-state index contributed by atoms with van der Waals surface area (Å²) in [6, 6.07) is -2.29. The molecule has 4 unspecified atom stereocenters. The average Bonchev–Trinajstić information content (AvgIpc) is 4.21. The number of hydrogen-bond donors (Lipinski definition) is 2. The van der Waals surface area contributed by atoms with Crippen molar-refractivity contribution in [3.05, 3.63) is 22.3 Å². The maximum atomic E-state index is 12.7. The minimum Gasteiger partial charge on any atom is -0.358 e.